The molecule has 0 aromatic carbocycles. The second kappa shape index (κ2) is 8.85. The summed E-state index contributed by atoms with van der Waals surface area (Å²) in [5.74, 6) is 0.422. The molecule has 0 amide bonds. The van der Waals surface area contributed by atoms with Crippen molar-refractivity contribution in [3.05, 3.63) is 0 Å². The van der Waals surface area contributed by atoms with Crippen LogP contribution in [0.2, 0.25) is 0 Å². The van der Waals surface area contributed by atoms with Crippen LogP contribution in [0.3, 0.4) is 0 Å². The molecule has 0 rings (SSSR count). The van der Waals surface area contributed by atoms with E-state index in [9.17, 15) is 4.79 Å². The molecule has 0 unspecified atom stereocenters. The molecule has 0 saturated carbocycles. The molecule has 14 heavy (non-hydrogen) atoms. The fraction of sp³-hybridized carbons (Fsp3) is 0.909. The minimum atomic E-state index is -1.15. The number of ether oxygens (including phenoxy) is 1. The Morgan fingerprint density at radius 2 is 1.71 bits per heavy atom. The summed E-state index contributed by atoms with van der Waals surface area (Å²) in [6.45, 7) is 4.67. The summed E-state index contributed by atoms with van der Waals surface area (Å²) >= 11 is 0. The summed E-state index contributed by atoms with van der Waals surface area (Å²) in [6, 6.07) is 0. The largest absolute Gasteiger partial charge is 0.505 e. The molecule has 0 heterocycles. The number of hydrogen-bond acceptors (Lipinski definition) is 2. The standard InChI is InChI=1S/C11H22O3/c1-3-5-7-10(8-6-4-2)9-14-11(12)13/h10H,3-9H2,1-2H3,(H,12,13). The summed E-state index contributed by atoms with van der Waals surface area (Å²) in [4.78, 5) is 10.2. The Kier molecular flexibility index (Phi) is 8.39. The van der Waals surface area contributed by atoms with Crippen molar-refractivity contribution in [2.75, 3.05) is 6.61 Å². The molecule has 0 aliphatic heterocycles. The Hall–Kier alpha value is -0.730. The molecule has 0 aliphatic carbocycles. The predicted octanol–water partition coefficient (Wildman–Crippen LogP) is 3.68. The maximum Gasteiger partial charge on any atom is 0.505 e. The average Bonchev–Trinajstić information content (AvgIpc) is 2.16. The van der Waals surface area contributed by atoms with Gasteiger partial charge in [-0.25, -0.2) is 4.79 Å². The highest BCUT2D eigenvalue weighted by Crippen LogP contribution is 2.16. The van der Waals surface area contributed by atoms with E-state index in [1.54, 1.807) is 0 Å². The summed E-state index contributed by atoms with van der Waals surface area (Å²) < 4.78 is 4.61. The molecule has 0 saturated heterocycles. The van der Waals surface area contributed by atoms with E-state index in [0.29, 0.717) is 12.5 Å². The molecular formula is C11H22O3. The normalized spacial score (nSPS) is 10.5. The first kappa shape index (κ1) is 13.3. The minimum Gasteiger partial charge on any atom is -0.450 e. The predicted molar refractivity (Wildman–Crippen MR) is 56.5 cm³/mol. The van der Waals surface area contributed by atoms with Gasteiger partial charge in [0.05, 0.1) is 6.61 Å². The fourth-order valence-corrected chi connectivity index (χ4v) is 1.49. The van der Waals surface area contributed by atoms with Crippen LogP contribution in [-0.2, 0) is 4.74 Å². The van der Waals surface area contributed by atoms with E-state index < -0.39 is 6.16 Å². The van der Waals surface area contributed by atoms with Crippen LogP contribution in [0.15, 0.2) is 0 Å². The molecule has 0 bridgehead atoms. The highest BCUT2D eigenvalue weighted by molar-refractivity contribution is 5.56. The molecule has 3 heteroatoms. The van der Waals surface area contributed by atoms with Gasteiger partial charge in [-0.2, -0.15) is 0 Å². The van der Waals surface area contributed by atoms with E-state index in [2.05, 4.69) is 18.6 Å². The zero-order valence-electron chi connectivity index (χ0n) is 9.29. The molecule has 0 aromatic heterocycles. The number of unbranched alkanes of at least 4 members (excludes halogenated alkanes) is 2. The van der Waals surface area contributed by atoms with Crippen molar-refractivity contribution in [1.29, 1.82) is 0 Å². The van der Waals surface area contributed by atoms with Crippen molar-refractivity contribution >= 4 is 6.16 Å². The third kappa shape index (κ3) is 7.90. The monoisotopic (exact) mass is 202 g/mol. The van der Waals surface area contributed by atoms with E-state index in [0.717, 1.165) is 38.5 Å². The van der Waals surface area contributed by atoms with Gasteiger partial charge in [-0.1, -0.05) is 39.5 Å². The van der Waals surface area contributed by atoms with Gasteiger partial charge in [-0.15, -0.1) is 0 Å². The van der Waals surface area contributed by atoms with Crippen molar-refractivity contribution in [2.24, 2.45) is 5.92 Å². The average molecular weight is 202 g/mol. The number of rotatable bonds is 8. The van der Waals surface area contributed by atoms with Gasteiger partial charge >= 0.3 is 6.16 Å². The lowest BCUT2D eigenvalue weighted by atomic mass is 9.97. The van der Waals surface area contributed by atoms with Gasteiger partial charge in [0.1, 0.15) is 0 Å². The summed E-state index contributed by atoms with van der Waals surface area (Å²) in [5, 5.41) is 8.39. The van der Waals surface area contributed by atoms with Crippen molar-refractivity contribution in [3.8, 4) is 0 Å². The molecule has 1 N–H and O–H groups in total. The summed E-state index contributed by atoms with van der Waals surface area (Å²) in [7, 11) is 0. The lowest BCUT2D eigenvalue weighted by molar-refractivity contribution is 0.0732. The lowest BCUT2D eigenvalue weighted by Gasteiger charge is -2.14. The molecule has 0 fully saturated rings. The molecule has 0 aromatic rings. The van der Waals surface area contributed by atoms with Crippen molar-refractivity contribution in [1.82, 2.24) is 0 Å². The van der Waals surface area contributed by atoms with Gasteiger partial charge in [0.25, 0.3) is 0 Å². The van der Waals surface area contributed by atoms with E-state index in [-0.39, 0.29) is 0 Å². The van der Waals surface area contributed by atoms with Crippen LogP contribution in [0.4, 0.5) is 4.79 Å². The van der Waals surface area contributed by atoms with Gasteiger partial charge in [0, 0.05) is 0 Å². The first-order valence-corrected chi connectivity index (χ1v) is 5.56. The maximum atomic E-state index is 10.2. The molecule has 0 radical (unpaired) electrons. The van der Waals surface area contributed by atoms with Crippen LogP contribution < -0.4 is 0 Å². The zero-order valence-corrected chi connectivity index (χ0v) is 9.29. The SMILES string of the molecule is CCCCC(CCCC)COC(=O)O. The van der Waals surface area contributed by atoms with Crippen LogP contribution in [0.25, 0.3) is 0 Å². The Morgan fingerprint density at radius 1 is 1.21 bits per heavy atom. The Labute approximate surface area is 86.5 Å². The van der Waals surface area contributed by atoms with Gasteiger partial charge in [-0.05, 0) is 18.8 Å². The van der Waals surface area contributed by atoms with Crippen LogP contribution in [0.1, 0.15) is 52.4 Å². The molecule has 0 spiro atoms. The van der Waals surface area contributed by atoms with Gasteiger partial charge < -0.3 is 9.84 Å². The van der Waals surface area contributed by atoms with Crippen LogP contribution in [0, 0.1) is 5.92 Å². The molecule has 3 nitrogen and oxygen atoms in total. The summed E-state index contributed by atoms with van der Waals surface area (Å²) in [5.41, 5.74) is 0. The van der Waals surface area contributed by atoms with Gasteiger partial charge in [-0.3, -0.25) is 0 Å². The Balaban J connectivity index is 3.65. The number of hydrogen-bond donors (Lipinski definition) is 1. The highest BCUT2D eigenvalue weighted by Gasteiger charge is 2.10. The maximum absolute atomic E-state index is 10.2. The molecule has 0 aliphatic rings. The summed E-state index contributed by atoms with van der Waals surface area (Å²) in [6.07, 6.45) is 5.68. The van der Waals surface area contributed by atoms with E-state index in [1.165, 1.54) is 0 Å². The quantitative estimate of drug-likeness (QED) is 0.611. The van der Waals surface area contributed by atoms with Crippen LogP contribution >= 0.6 is 0 Å². The second-order valence-electron chi connectivity index (χ2n) is 3.73. The molecular weight excluding hydrogens is 180 g/mol. The van der Waals surface area contributed by atoms with Crippen LogP contribution in [-0.4, -0.2) is 17.9 Å². The van der Waals surface area contributed by atoms with Gasteiger partial charge in [0.2, 0.25) is 0 Å². The zero-order chi connectivity index (χ0) is 10.8. The third-order valence-corrected chi connectivity index (χ3v) is 2.37. The lowest BCUT2D eigenvalue weighted by Crippen LogP contribution is -2.13. The first-order chi connectivity index (χ1) is 6.70. The number of carboxylic acid groups (broad SMARTS) is 1. The first-order valence-electron chi connectivity index (χ1n) is 5.56. The smallest absolute Gasteiger partial charge is 0.450 e. The topological polar surface area (TPSA) is 46.5 Å². The Bertz CT molecular complexity index is 137. The highest BCUT2D eigenvalue weighted by atomic mass is 16.7. The second-order valence-corrected chi connectivity index (χ2v) is 3.73. The van der Waals surface area contributed by atoms with Crippen molar-refractivity contribution in [2.45, 2.75) is 52.4 Å². The number of carbonyl (C=O) groups is 1. The van der Waals surface area contributed by atoms with Gasteiger partial charge in [0.15, 0.2) is 0 Å². The minimum absolute atomic E-state index is 0.370. The third-order valence-electron chi connectivity index (χ3n) is 2.37. The van der Waals surface area contributed by atoms with Crippen molar-refractivity contribution in [3.63, 3.8) is 0 Å². The Morgan fingerprint density at radius 3 is 2.07 bits per heavy atom. The molecule has 0 atom stereocenters. The van der Waals surface area contributed by atoms with Crippen LogP contribution in [0.5, 0.6) is 0 Å². The fourth-order valence-electron chi connectivity index (χ4n) is 1.49. The van der Waals surface area contributed by atoms with E-state index in [4.69, 9.17) is 5.11 Å². The molecule has 84 valence electrons. The van der Waals surface area contributed by atoms with Crippen molar-refractivity contribution < 1.29 is 14.6 Å². The van der Waals surface area contributed by atoms with E-state index in [1.807, 2.05) is 0 Å². The van der Waals surface area contributed by atoms with E-state index >= 15 is 0 Å².